The van der Waals surface area contributed by atoms with E-state index >= 15 is 0 Å². The van der Waals surface area contributed by atoms with Crippen molar-refractivity contribution in [1.82, 2.24) is 9.21 Å². The zero-order valence-corrected chi connectivity index (χ0v) is 27.2. The van der Waals surface area contributed by atoms with Gasteiger partial charge in [-0.15, -0.1) is 0 Å². The maximum absolute atomic E-state index is 14.5. The number of sulfonamides is 1. The number of ether oxygens (including phenoxy) is 1. The van der Waals surface area contributed by atoms with E-state index in [1.54, 1.807) is 62.4 Å². The van der Waals surface area contributed by atoms with Crippen LogP contribution in [0.15, 0.2) is 71.6 Å². The Bertz CT molecular complexity index is 1760. The number of halogens is 4. The fourth-order valence-electron chi connectivity index (χ4n) is 3.79. The van der Waals surface area contributed by atoms with Crippen molar-refractivity contribution in [3.05, 3.63) is 78.1 Å². The number of carbonyl (C=O) groups is 2. The van der Waals surface area contributed by atoms with Crippen LogP contribution in [0.3, 0.4) is 0 Å². The van der Waals surface area contributed by atoms with Crippen LogP contribution >= 0.6 is 0 Å². The summed E-state index contributed by atoms with van der Waals surface area (Å²) in [5.74, 6) is -1.83. The van der Waals surface area contributed by atoms with Crippen molar-refractivity contribution >= 4 is 43.4 Å². The van der Waals surface area contributed by atoms with Crippen LogP contribution in [0.1, 0.15) is 24.2 Å². The van der Waals surface area contributed by atoms with E-state index in [2.05, 4.69) is 10.0 Å². The average Bonchev–Trinajstić information content (AvgIpc) is 2.94. The van der Waals surface area contributed by atoms with Crippen molar-refractivity contribution in [3.8, 4) is 11.1 Å². The molecule has 1 atom stereocenters. The molecular weight excluding hydrogens is 658 g/mol. The van der Waals surface area contributed by atoms with Gasteiger partial charge in [-0.3, -0.25) is 14.1 Å². The zero-order chi connectivity index (χ0) is 35.3. The van der Waals surface area contributed by atoms with E-state index < -0.39 is 49.4 Å². The molecule has 252 valence electrons. The molecule has 1 amide bonds. The van der Waals surface area contributed by atoms with Gasteiger partial charge in [0.05, 0.1) is 33.1 Å². The summed E-state index contributed by atoms with van der Waals surface area (Å²) in [7, 11) is -3.30. The molecule has 0 fully saturated rings. The Morgan fingerprint density at radius 1 is 0.870 bits per heavy atom. The Kier molecular flexibility index (Phi) is 12.2. The first kappa shape index (κ1) is 38.3. The first-order valence-corrected chi connectivity index (χ1v) is 16.1. The number of nitrogens with zero attached hydrogens (tertiary/aromatic N) is 1. The van der Waals surface area contributed by atoms with Crippen molar-refractivity contribution in [1.29, 1.82) is 0 Å². The minimum atomic E-state index is -6.09. The number of methoxy groups -OCH3 is 1. The topological polar surface area (TPSA) is 159 Å². The smallest absolute Gasteiger partial charge is 0.485 e. The van der Waals surface area contributed by atoms with Crippen molar-refractivity contribution in [2.24, 2.45) is 5.92 Å². The molecule has 0 unspecified atom stereocenters. The molecule has 0 aliphatic heterocycles. The predicted molar refractivity (Wildman–Crippen MR) is 163 cm³/mol. The number of carbonyl (C=O) groups excluding carboxylic acids is 2. The van der Waals surface area contributed by atoms with Crippen LogP contribution in [-0.4, -0.2) is 73.1 Å². The molecule has 0 saturated heterocycles. The minimum Gasteiger partial charge on any atom is -0.741 e. The molecule has 46 heavy (non-hydrogen) atoms. The van der Waals surface area contributed by atoms with Gasteiger partial charge in [0.15, 0.2) is 21.6 Å². The van der Waals surface area contributed by atoms with Gasteiger partial charge >= 0.3 is 11.5 Å². The molecule has 3 aromatic rings. The van der Waals surface area contributed by atoms with E-state index in [0.717, 1.165) is 11.1 Å². The highest BCUT2D eigenvalue weighted by Gasteiger charge is 2.37. The van der Waals surface area contributed by atoms with E-state index in [1.807, 2.05) is 21.1 Å². The van der Waals surface area contributed by atoms with Crippen molar-refractivity contribution < 1.29 is 53.3 Å². The predicted octanol–water partition coefficient (Wildman–Crippen LogP) is 4.47. The molecule has 0 heterocycles. The van der Waals surface area contributed by atoms with Crippen LogP contribution in [0.25, 0.3) is 11.1 Å². The van der Waals surface area contributed by atoms with Crippen molar-refractivity contribution in [3.63, 3.8) is 0 Å². The van der Waals surface area contributed by atoms with E-state index in [1.165, 1.54) is 25.3 Å². The number of alkyl halides is 3. The summed E-state index contributed by atoms with van der Waals surface area (Å²) in [6.07, 6.45) is 0. The lowest BCUT2D eigenvalue weighted by atomic mass is 10.1. The highest BCUT2D eigenvalue weighted by atomic mass is 32.2. The molecule has 3 rings (SSSR count). The van der Waals surface area contributed by atoms with E-state index in [4.69, 9.17) is 17.7 Å². The number of quaternary nitrogens is 1. The number of hydrogen-bond donors (Lipinski definition) is 2. The van der Waals surface area contributed by atoms with Gasteiger partial charge in [0, 0.05) is 17.3 Å². The number of amides is 1. The number of esters is 1. The fourth-order valence-corrected chi connectivity index (χ4v) is 5.12. The second kappa shape index (κ2) is 14.7. The molecule has 17 heteroatoms. The number of anilines is 1. The standard InChI is InChI=1S/C28H32FN3O5S.CHF3O3S/c1-18(2)26(28(34)37-6)31-38(35,36)23-14-9-20(10-15-23)19-7-12-22(13-8-19)30-27(33)21-11-16-25(24(29)17-21)32(3,4)5;2-1(3,4)8(5,6)7/h7-18,26,31H,1-6H3;(H,5,6,7)/t26-;/m0./s1. The van der Waals surface area contributed by atoms with Crippen LogP contribution in [0.5, 0.6) is 0 Å². The van der Waals surface area contributed by atoms with Crippen molar-refractivity contribution in [2.75, 3.05) is 33.6 Å². The summed E-state index contributed by atoms with van der Waals surface area (Å²) in [6, 6.07) is 16.6. The van der Waals surface area contributed by atoms with E-state index in [0.29, 0.717) is 15.9 Å². The Hall–Kier alpha value is -3.90. The fraction of sp³-hybridized carbons (Fsp3) is 0.310. The third-order valence-corrected chi connectivity index (χ3v) is 8.28. The summed E-state index contributed by atoms with van der Waals surface area (Å²) in [5.41, 5.74) is -2.88. The van der Waals surface area contributed by atoms with Gasteiger partial charge in [-0.05, 0) is 53.4 Å². The Balaban J connectivity index is 0.000000812. The summed E-state index contributed by atoms with van der Waals surface area (Å²) in [6.45, 7) is 3.44. The first-order valence-electron chi connectivity index (χ1n) is 13.2. The lowest BCUT2D eigenvalue weighted by molar-refractivity contribution is -0.143. The van der Waals surface area contributed by atoms with E-state index in [9.17, 15) is 35.6 Å². The molecule has 0 spiro atoms. The molecule has 0 aromatic heterocycles. The van der Waals surface area contributed by atoms with Gasteiger partial charge in [-0.1, -0.05) is 38.1 Å². The molecule has 2 N–H and O–H groups in total. The monoisotopic (exact) mass is 691 g/mol. The number of benzene rings is 3. The number of hydrogen-bond acceptors (Lipinski definition) is 8. The van der Waals surface area contributed by atoms with Crippen LogP contribution in [0.4, 0.5) is 28.9 Å². The second-order valence-electron chi connectivity index (χ2n) is 11.0. The maximum Gasteiger partial charge on any atom is 0.485 e. The molecule has 3 aromatic carbocycles. The Morgan fingerprint density at radius 3 is 1.74 bits per heavy atom. The van der Waals surface area contributed by atoms with Gasteiger partial charge < -0.3 is 14.6 Å². The summed E-state index contributed by atoms with van der Waals surface area (Å²) in [4.78, 5) is 24.6. The van der Waals surface area contributed by atoms with Gasteiger partial charge in [-0.25, -0.2) is 21.2 Å². The maximum atomic E-state index is 14.5. The largest absolute Gasteiger partial charge is 0.741 e. The SMILES string of the molecule is COC(=O)[C@@H](NS(=O)(=O)c1ccc(-c2ccc(NC(=O)c3ccc([N+](C)(C)C)c(F)c3)cc2)cc1)C(C)C.O=S(=O)([O-])C(F)(F)F. The highest BCUT2D eigenvalue weighted by Crippen LogP contribution is 2.26. The Morgan fingerprint density at radius 2 is 1.35 bits per heavy atom. The van der Waals surface area contributed by atoms with E-state index in [-0.39, 0.29) is 16.4 Å². The summed E-state index contributed by atoms with van der Waals surface area (Å²) < 4.78 is 106. The second-order valence-corrected chi connectivity index (χ2v) is 14.1. The van der Waals surface area contributed by atoms with Gasteiger partial charge in [-0.2, -0.15) is 17.9 Å². The van der Waals surface area contributed by atoms with Gasteiger partial charge in [0.2, 0.25) is 10.0 Å². The minimum absolute atomic E-state index is 0.0168. The lowest BCUT2D eigenvalue weighted by Crippen LogP contribution is -2.44. The summed E-state index contributed by atoms with van der Waals surface area (Å²) >= 11 is 0. The normalized spacial score (nSPS) is 13.0. The number of nitrogens with one attached hydrogen (secondary N) is 2. The summed E-state index contributed by atoms with van der Waals surface area (Å²) in [5, 5.41) is 2.76. The molecule has 0 aliphatic carbocycles. The third-order valence-electron chi connectivity index (χ3n) is 6.26. The van der Waals surface area contributed by atoms with Crippen LogP contribution in [-0.2, 0) is 29.7 Å². The molecule has 0 saturated carbocycles. The zero-order valence-electron chi connectivity index (χ0n) is 25.5. The molecule has 0 radical (unpaired) electrons. The van der Waals surface area contributed by atoms with Crippen LogP contribution in [0, 0.1) is 11.7 Å². The molecular formula is C29H33F4N3O8S2. The third kappa shape index (κ3) is 10.3. The van der Waals surface area contributed by atoms with Crippen LogP contribution < -0.4 is 14.5 Å². The molecule has 0 bridgehead atoms. The van der Waals surface area contributed by atoms with Gasteiger partial charge in [0.25, 0.3) is 5.91 Å². The Labute approximate surface area is 264 Å². The number of rotatable bonds is 9. The quantitative estimate of drug-likeness (QED) is 0.109. The lowest BCUT2D eigenvalue weighted by Gasteiger charge is -2.23. The average molecular weight is 692 g/mol. The first-order chi connectivity index (χ1) is 21.0. The molecule has 11 nitrogen and oxygen atoms in total. The van der Waals surface area contributed by atoms with Crippen LogP contribution in [0.2, 0.25) is 0 Å². The van der Waals surface area contributed by atoms with Gasteiger partial charge in [0.1, 0.15) is 6.04 Å². The van der Waals surface area contributed by atoms with Crippen molar-refractivity contribution in [2.45, 2.75) is 30.3 Å². The molecule has 0 aliphatic rings. The highest BCUT2D eigenvalue weighted by molar-refractivity contribution is 7.89.